The van der Waals surface area contributed by atoms with Gasteiger partial charge in [0.1, 0.15) is 43.7 Å². The highest BCUT2D eigenvalue weighted by Crippen LogP contribution is 2.55. The van der Waals surface area contributed by atoms with Crippen molar-refractivity contribution in [3.8, 4) is 0 Å². The molecule has 23 nitrogen and oxygen atoms in total. The Morgan fingerprint density at radius 1 is 0.500 bits per heavy atom. The number of cyclic esters (lactones) is 3. The SMILES string of the molecule is CCC(C)(C)C(=O)OC1C2CC3C(=O)OC1C3C2.CCC(C)(C)C(=O)OC1CCC(=O)O1.CCC(C)(C)C(=O)OC1CCC2CC1OC2=O.CCC(C)(C)C(=O)OC1CCOC1=O.CCC(C)(C)C(=O)OC1COC(=O)C1.CCC(C)(C)C(=O)OCCO. The predicted octanol–water partition coefficient (Wildman–Crippen LogP) is 9.13. The maximum Gasteiger partial charge on any atom is 0.347 e. The van der Waals surface area contributed by atoms with E-state index in [0.29, 0.717) is 63.4 Å². The molecule has 0 radical (unpaired) electrons. The van der Waals surface area contributed by atoms with Crippen molar-refractivity contribution in [2.75, 3.05) is 26.4 Å². The molecule has 3 saturated carbocycles. The molecular formula is C65H104O23. The van der Waals surface area contributed by atoms with Gasteiger partial charge in [-0.1, -0.05) is 41.5 Å². The van der Waals surface area contributed by atoms with Crippen LogP contribution in [0.1, 0.15) is 221 Å². The molecule has 88 heavy (non-hydrogen) atoms. The minimum Gasteiger partial charge on any atom is -0.463 e. The largest absolute Gasteiger partial charge is 0.463 e. The summed E-state index contributed by atoms with van der Waals surface area (Å²) in [4.78, 5) is 125. The summed E-state index contributed by atoms with van der Waals surface area (Å²) in [7, 11) is 0. The number of aliphatic hydroxyl groups is 1. The number of carbonyl (C=O) groups is 11. The third-order valence-corrected chi connectivity index (χ3v) is 18.5. The molecule has 0 spiro atoms. The molecular weight excluding hydrogens is 1150 g/mol. The Hall–Kier alpha value is -5.87. The van der Waals surface area contributed by atoms with Crippen LogP contribution in [0.2, 0.25) is 0 Å². The summed E-state index contributed by atoms with van der Waals surface area (Å²) in [6.07, 6.45) is 7.31. The van der Waals surface area contributed by atoms with Crippen molar-refractivity contribution in [3.63, 3.8) is 0 Å². The van der Waals surface area contributed by atoms with Crippen LogP contribution in [0.3, 0.4) is 0 Å². The number of hydrogen-bond donors (Lipinski definition) is 1. The van der Waals surface area contributed by atoms with Crippen molar-refractivity contribution in [2.45, 2.75) is 264 Å². The van der Waals surface area contributed by atoms with Crippen molar-refractivity contribution in [3.05, 3.63) is 0 Å². The Kier molecular flexibility index (Phi) is 28.4. The van der Waals surface area contributed by atoms with E-state index in [1.54, 1.807) is 13.8 Å². The number of hydrogen-bond acceptors (Lipinski definition) is 23. The molecule has 3 aliphatic carbocycles. The highest BCUT2D eigenvalue weighted by molar-refractivity contribution is 5.83. The second-order valence-corrected chi connectivity index (χ2v) is 27.6. The standard InChI is InChI=1S/C14H20O4.C13H20O4.3C10H16O4.C8H16O3/c1-4-14(2,3)13(16)18-10-7-5-8-9(6-7)12(15)17-11(8)10;1-4-13(2,3)12(15)17-9-6-5-8-7-10(9)16-11(8)14;1-4-10(2,3)9(12)14-7-5-8(11)13-6-7;1-4-10(2,3)9(12)14-7-5-6-13-8(7)11;1-4-10(2,3)9(12)14-8-6-5-7(11)13-8;1-4-8(2,3)7(10)11-6-5-9/h7-11H,4-6H2,1-3H3;8-10H,4-7H2,1-3H3;2*7H,4-6H2,1-3H3;8H,4-6H2,1-3H3;9H,4-6H2,1-3H3. The average Bonchev–Trinajstić information content (AvgIpc) is 1.79. The van der Waals surface area contributed by atoms with Crippen LogP contribution in [0.15, 0.2) is 0 Å². The zero-order valence-corrected chi connectivity index (χ0v) is 55.7. The minimum absolute atomic E-state index is 0.0362. The summed E-state index contributed by atoms with van der Waals surface area (Å²) in [5, 5.41) is 8.38. The first-order valence-electron chi connectivity index (χ1n) is 31.6. The maximum atomic E-state index is 12.1. The summed E-state index contributed by atoms with van der Waals surface area (Å²) >= 11 is 0. The molecule has 0 amide bonds. The fraction of sp³-hybridized carbons (Fsp3) is 0.831. The van der Waals surface area contributed by atoms with Crippen molar-refractivity contribution in [1.82, 2.24) is 0 Å². The second-order valence-electron chi connectivity index (χ2n) is 27.6. The van der Waals surface area contributed by atoms with Crippen LogP contribution in [0, 0.1) is 56.2 Å². The lowest BCUT2D eigenvalue weighted by molar-refractivity contribution is -0.184. The van der Waals surface area contributed by atoms with Crippen LogP contribution < -0.4 is 0 Å². The molecule has 11 atom stereocenters. The van der Waals surface area contributed by atoms with Crippen molar-refractivity contribution in [1.29, 1.82) is 0 Å². The number of rotatable bonds is 19. The zero-order valence-electron chi connectivity index (χ0n) is 55.7. The van der Waals surface area contributed by atoms with Crippen LogP contribution in [-0.2, 0) is 105 Å². The van der Waals surface area contributed by atoms with Crippen LogP contribution in [0.25, 0.3) is 0 Å². The van der Waals surface area contributed by atoms with E-state index in [-0.39, 0.29) is 128 Å². The minimum atomic E-state index is -0.687. The van der Waals surface area contributed by atoms with Gasteiger partial charge in [0.2, 0.25) is 12.4 Å². The van der Waals surface area contributed by atoms with E-state index >= 15 is 0 Å². The van der Waals surface area contributed by atoms with Gasteiger partial charge in [-0.15, -0.1) is 0 Å². The quantitative estimate of drug-likeness (QED) is 0.0930. The Morgan fingerprint density at radius 3 is 1.47 bits per heavy atom. The summed E-state index contributed by atoms with van der Waals surface area (Å²) in [6.45, 7) is 34.3. The summed E-state index contributed by atoms with van der Waals surface area (Å²) in [5.74, 6) is -1.97. The molecule has 502 valence electrons. The fourth-order valence-electron chi connectivity index (χ4n) is 9.28. The molecule has 4 bridgehead atoms. The van der Waals surface area contributed by atoms with Gasteiger partial charge in [-0.2, -0.15) is 0 Å². The molecule has 0 aromatic carbocycles. The van der Waals surface area contributed by atoms with Gasteiger partial charge >= 0.3 is 65.7 Å². The van der Waals surface area contributed by atoms with Crippen molar-refractivity contribution < 1.29 is 110 Å². The predicted molar refractivity (Wildman–Crippen MR) is 315 cm³/mol. The number of fused-ring (bicyclic) bond motifs is 3. The van der Waals surface area contributed by atoms with Crippen LogP contribution in [0.4, 0.5) is 0 Å². The molecule has 0 aromatic heterocycles. The molecule has 8 fully saturated rings. The van der Waals surface area contributed by atoms with Gasteiger partial charge in [0.05, 0.1) is 70.4 Å². The molecule has 5 aliphatic heterocycles. The summed E-state index contributed by atoms with van der Waals surface area (Å²) < 4.78 is 56.0. The molecule has 5 saturated heterocycles. The molecule has 5 heterocycles. The number of esters is 11. The normalized spacial score (nSPS) is 26.5. The molecule has 1 N–H and O–H groups in total. The topological polar surface area (TPSA) is 310 Å². The molecule has 8 rings (SSSR count). The smallest absolute Gasteiger partial charge is 0.347 e. The molecule has 0 aromatic rings. The average molecular weight is 1250 g/mol. The van der Waals surface area contributed by atoms with Gasteiger partial charge in [0, 0.05) is 31.1 Å². The van der Waals surface area contributed by atoms with Crippen LogP contribution in [-0.4, -0.2) is 140 Å². The monoisotopic (exact) mass is 1250 g/mol. The lowest BCUT2D eigenvalue weighted by Gasteiger charge is -2.29. The number of carbonyl (C=O) groups excluding carboxylic acids is 11. The van der Waals surface area contributed by atoms with E-state index in [1.165, 1.54) is 0 Å². The van der Waals surface area contributed by atoms with Crippen LogP contribution >= 0.6 is 0 Å². The third kappa shape index (κ3) is 21.4. The Bertz CT molecular complexity index is 2380. The number of aliphatic hydroxyl groups excluding tert-OH is 1. The lowest BCUT2D eigenvalue weighted by Crippen LogP contribution is -2.39. The third-order valence-electron chi connectivity index (χ3n) is 18.5. The first-order chi connectivity index (χ1) is 40.8. The van der Waals surface area contributed by atoms with Gasteiger partial charge < -0.3 is 57.2 Å². The van der Waals surface area contributed by atoms with Gasteiger partial charge in [-0.05, 0) is 147 Å². The first kappa shape index (κ1) is 76.4. The van der Waals surface area contributed by atoms with E-state index in [2.05, 4.69) is 0 Å². The van der Waals surface area contributed by atoms with Gasteiger partial charge in [-0.25, -0.2) is 4.79 Å². The maximum absolute atomic E-state index is 12.1. The molecule has 11 unspecified atom stereocenters. The first-order valence-corrected chi connectivity index (χ1v) is 31.6. The highest BCUT2D eigenvalue weighted by Gasteiger charge is 2.63. The van der Waals surface area contributed by atoms with E-state index in [9.17, 15) is 52.7 Å². The Morgan fingerprint density at radius 2 is 1.00 bits per heavy atom. The number of ether oxygens (including phenoxy) is 11. The highest BCUT2D eigenvalue weighted by atomic mass is 16.7. The van der Waals surface area contributed by atoms with Crippen molar-refractivity contribution >= 4 is 65.7 Å². The van der Waals surface area contributed by atoms with Gasteiger partial charge in [0.25, 0.3) is 0 Å². The fourth-order valence-corrected chi connectivity index (χ4v) is 9.28. The van der Waals surface area contributed by atoms with Crippen molar-refractivity contribution in [2.24, 2.45) is 56.2 Å². The van der Waals surface area contributed by atoms with Gasteiger partial charge in [-0.3, -0.25) is 47.9 Å². The van der Waals surface area contributed by atoms with E-state index in [4.69, 9.17) is 57.2 Å². The summed E-state index contributed by atoms with van der Waals surface area (Å²) in [6, 6.07) is 0. The zero-order chi connectivity index (χ0) is 66.9. The second kappa shape index (κ2) is 32.7. The Labute approximate surface area is 520 Å². The molecule has 8 aliphatic rings. The molecule has 23 heteroatoms. The summed E-state index contributed by atoms with van der Waals surface area (Å²) in [5.41, 5.74) is -2.85. The lowest BCUT2D eigenvalue weighted by atomic mass is 9.87. The van der Waals surface area contributed by atoms with Gasteiger partial charge in [0.15, 0.2) is 0 Å². The van der Waals surface area contributed by atoms with Crippen LogP contribution in [0.5, 0.6) is 0 Å². The van der Waals surface area contributed by atoms with E-state index in [1.807, 2.05) is 111 Å². The van der Waals surface area contributed by atoms with E-state index < -0.39 is 50.9 Å². The van der Waals surface area contributed by atoms with E-state index in [0.717, 1.165) is 44.9 Å². The Balaban J connectivity index is 0.000000278.